The van der Waals surface area contributed by atoms with Gasteiger partial charge in [-0.15, -0.1) is 0 Å². The Morgan fingerprint density at radius 1 is 1.08 bits per heavy atom. The van der Waals surface area contributed by atoms with Gasteiger partial charge in [0.15, 0.2) is 0 Å². The molecule has 1 unspecified atom stereocenters. The van der Waals surface area contributed by atoms with E-state index in [1.165, 1.54) is 25.7 Å². The predicted octanol–water partition coefficient (Wildman–Crippen LogP) is 2.41. The van der Waals surface area contributed by atoms with Crippen molar-refractivity contribution < 1.29 is 0 Å². The predicted molar refractivity (Wildman–Crippen MR) is 54.3 cm³/mol. The number of nitrogens with zero attached hydrogens (tertiary/aromatic N) is 2. The van der Waals surface area contributed by atoms with Crippen molar-refractivity contribution in [3.63, 3.8) is 0 Å². The SMILES string of the molecule is CC(C)C(C#N)N1CCCCCC1. The highest BCUT2D eigenvalue weighted by Crippen LogP contribution is 2.16. The molecule has 0 aromatic carbocycles. The number of nitriles is 1. The molecule has 0 radical (unpaired) electrons. The third-order valence-electron chi connectivity index (χ3n) is 2.80. The molecule has 13 heavy (non-hydrogen) atoms. The lowest BCUT2D eigenvalue weighted by atomic mass is 10.0. The molecule has 1 atom stereocenters. The van der Waals surface area contributed by atoms with Crippen molar-refractivity contribution in [3.8, 4) is 6.07 Å². The van der Waals surface area contributed by atoms with Crippen LogP contribution >= 0.6 is 0 Å². The highest BCUT2D eigenvalue weighted by molar-refractivity contribution is 4.94. The largest absolute Gasteiger partial charge is 0.288 e. The van der Waals surface area contributed by atoms with Crippen LogP contribution in [0.25, 0.3) is 0 Å². The molecule has 0 aliphatic carbocycles. The van der Waals surface area contributed by atoms with Crippen molar-refractivity contribution in [2.45, 2.75) is 45.6 Å². The first-order chi connectivity index (χ1) is 6.25. The third-order valence-corrected chi connectivity index (χ3v) is 2.80. The van der Waals surface area contributed by atoms with E-state index < -0.39 is 0 Å². The number of rotatable bonds is 2. The van der Waals surface area contributed by atoms with Crippen LogP contribution < -0.4 is 0 Å². The summed E-state index contributed by atoms with van der Waals surface area (Å²) in [5.41, 5.74) is 0. The Kier molecular flexibility index (Phi) is 4.24. The minimum absolute atomic E-state index is 0.137. The normalized spacial score (nSPS) is 22.3. The fraction of sp³-hybridized carbons (Fsp3) is 0.909. The Hall–Kier alpha value is -0.550. The molecule has 0 N–H and O–H groups in total. The summed E-state index contributed by atoms with van der Waals surface area (Å²) >= 11 is 0. The Morgan fingerprint density at radius 3 is 2.00 bits per heavy atom. The molecule has 0 spiro atoms. The molecule has 0 amide bonds. The Morgan fingerprint density at radius 2 is 1.62 bits per heavy atom. The van der Waals surface area contributed by atoms with E-state index in [0.717, 1.165) is 13.1 Å². The summed E-state index contributed by atoms with van der Waals surface area (Å²) in [6, 6.07) is 2.56. The molecule has 1 heterocycles. The smallest absolute Gasteiger partial charge is 0.100 e. The Balaban J connectivity index is 2.51. The molecule has 1 rings (SSSR count). The quantitative estimate of drug-likeness (QED) is 0.652. The molecule has 0 saturated carbocycles. The van der Waals surface area contributed by atoms with Gasteiger partial charge in [-0.3, -0.25) is 4.90 Å². The second kappa shape index (κ2) is 5.24. The lowest BCUT2D eigenvalue weighted by Crippen LogP contribution is -2.38. The van der Waals surface area contributed by atoms with Crippen LogP contribution in [0, 0.1) is 17.2 Å². The minimum Gasteiger partial charge on any atom is -0.288 e. The van der Waals surface area contributed by atoms with Crippen LogP contribution in [0.1, 0.15) is 39.5 Å². The van der Waals surface area contributed by atoms with Gasteiger partial charge in [-0.2, -0.15) is 5.26 Å². The molecule has 1 aliphatic heterocycles. The Bertz CT molecular complexity index is 173. The second-order valence-electron chi connectivity index (χ2n) is 4.27. The average Bonchev–Trinajstić information content (AvgIpc) is 2.33. The van der Waals surface area contributed by atoms with E-state index >= 15 is 0 Å². The highest BCUT2D eigenvalue weighted by atomic mass is 15.2. The molecule has 1 fully saturated rings. The molecule has 0 aromatic heterocycles. The van der Waals surface area contributed by atoms with E-state index in [4.69, 9.17) is 5.26 Å². The van der Waals surface area contributed by atoms with Gasteiger partial charge in [-0.1, -0.05) is 26.7 Å². The summed E-state index contributed by atoms with van der Waals surface area (Å²) in [6.07, 6.45) is 5.22. The van der Waals surface area contributed by atoms with Crippen LogP contribution in [0.5, 0.6) is 0 Å². The van der Waals surface area contributed by atoms with Crippen LogP contribution in [0.4, 0.5) is 0 Å². The maximum Gasteiger partial charge on any atom is 0.100 e. The first kappa shape index (κ1) is 10.5. The van der Waals surface area contributed by atoms with Crippen LogP contribution in [-0.2, 0) is 0 Å². The lowest BCUT2D eigenvalue weighted by molar-refractivity contribution is 0.202. The monoisotopic (exact) mass is 180 g/mol. The molecule has 0 aromatic rings. The van der Waals surface area contributed by atoms with Gasteiger partial charge in [0.1, 0.15) is 6.04 Å². The fourth-order valence-corrected chi connectivity index (χ4v) is 2.03. The van der Waals surface area contributed by atoms with Crippen molar-refractivity contribution in [1.29, 1.82) is 5.26 Å². The summed E-state index contributed by atoms with van der Waals surface area (Å²) in [5, 5.41) is 9.05. The van der Waals surface area contributed by atoms with Gasteiger partial charge in [-0.05, 0) is 31.8 Å². The molecule has 1 aliphatic rings. The van der Waals surface area contributed by atoms with E-state index in [9.17, 15) is 0 Å². The maximum absolute atomic E-state index is 9.05. The summed E-state index contributed by atoms with van der Waals surface area (Å²) < 4.78 is 0. The Labute approximate surface area is 81.5 Å². The van der Waals surface area contributed by atoms with Gasteiger partial charge in [0.2, 0.25) is 0 Å². The van der Waals surface area contributed by atoms with Crippen molar-refractivity contribution in [3.05, 3.63) is 0 Å². The highest BCUT2D eigenvalue weighted by Gasteiger charge is 2.21. The molecule has 74 valence electrons. The molecule has 2 nitrogen and oxygen atoms in total. The van der Waals surface area contributed by atoms with Gasteiger partial charge in [0, 0.05) is 0 Å². The summed E-state index contributed by atoms with van der Waals surface area (Å²) in [5.74, 6) is 0.461. The van der Waals surface area contributed by atoms with E-state index in [0.29, 0.717) is 5.92 Å². The first-order valence-electron chi connectivity index (χ1n) is 5.39. The fourth-order valence-electron chi connectivity index (χ4n) is 2.03. The summed E-state index contributed by atoms with van der Waals surface area (Å²) in [4.78, 5) is 2.36. The minimum atomic E-state index is 0.137. The number of hydrogen-bond donors (Lipinski definition) is 0. The molecule has 2 heteroatoms. The van der Waals surface area contributed by atoms with E-state index in [2.05, 4.69) is 24.8 Å². The van der Waals surface area contributed by atoms with Gasteiger partial charge >= 0.3 is 0 Å². The van der Waals surface area contributed by atoms with Gasteiger partial charge in [0.05, 0.1) is 6.07 Å². The van der Waals surface area contributed by atoms with Crippen LogP contribution in [0.2, 0.25) is 0 Å². The first-order valence-corrected chi connectivity index (χ1v) is 5.39. The third kappa shape index (κ3) is 3.00. The molecule has 0 bridgehead atoms. The molecule has 1 saturated heterocycles. The lowest BCUT2D eigenvalue weighted by Gasteiger charge is -2.27. The van der Waals surface area contributed by atoms with E-state index in [1.54, 1.807) is 0 Å². The van der Waals surface area contributed by atoms with Crippen LogP contribution in [0.15, 0.2) is 0 Å². The summed E-state index contributed by atoms with van der Waals surface area (Å²) in [7, 11) is 0. The zero-order chi connectivity index (χ0) is 9.68. The van der Waals surface area contributed by atoms with Gasteiger partial charge < -0.3 is 0 Å². The standard InChI is InChI=1S/C11H20N2/c1-10(2)11(9-12)13-7-5-3-4-6-8-13/h10-11H,3-8H2,1-2H3. The average molecular weight is 180 g/mol. The van der Waals surface area contributed by atoms with Gasteiger partial charge in [0.25, 0.3) is 0 Å². The maximum atomic E-state index is 9.05. The number of likely N-dealkylation sites (tertiary alicyclic amines) is 1. The molecular weight excluding hydrogens is 160 g/mol. The number of hydrogen-bond acceptors (Lipinski definition) is 2. The van der Waals surface area contributed by atoms with E-state index in [-0.39, 0.29) is 6.04 Å². The summed E-state index contributed by atoms with van der Waals surface area (Å²) in [6.45, 7) is 6.52. The van der Waals surface area contributed by atoms with Gasteiger partial charge in [-0.25, -0.2) is 0 Å². The zero-order valence-electron chi connectivity index (χ0n) is 8.79. The zero-order valence-corrected chi connectivity index (χ0v) is 8.79. The van der Waals surface area contributed by atoms with Crippen molar-refractivity contribution in [1.82, 2.24) is 4.90 Å². The van der Waals surface area contributed by atoms with Crippen LogP contribution in [-0.4, -0.2) is 24.0 Å². The topological polar surface area (TPSA) is 27.0 Å². The van der Waals surface area contributed by atoms with Crippen molar-refractivity contribution in [2.24, 2.45) is 5.92 Å². The van der Waals surface area contributed by atoms with E-state index in [1.807, 2.05) is 0 Å². The van der Waals surface area contributed by atoms with Crippen LogP contribution in [0.3, 0.4) is 0 Å². The van der Waals surface area contributed by atoms with Crippen molar-refractivity contribution >= 4 is 0 Å². The second-order valence-corrected chi connectivity index (χ2v) is 4.27. The molecular formula is C11H20N2. The van der Waals surface area contributed by atoms with Crippen molar-refractivity contribution in [2.75, 3.05) is 13.1 Å².